The first-order chi connectivity index (χ1) is 9.24. The maximum atomic E-state index is 11.6. The highest BCUT2D eigenvalue weighted by molar-refractivity contribution is 5.87. The SMILES string of the molecule is CCOC(=O)c1cc(OC)n(Cc2cncnc2)n1. The Bertz CT molecular complexity index is 553. The van der Waals surface area contributed by atoms with E-state index in [4.69, 9.17) is 9.47 Å². The molecule has 0 aliphatic rings. The van der Waals surface area contributed by atoms with E-state index in [9.17, 15) is 4.79 Å². The van der Waals surface area contributed by atoms with Gasteiger partial charge in [0, 0.05) is 24.0 Å². The number of methoxy groups -OCH3 is 1. The summed E-state index contributed by atoms with van der Waals surface area (Å²) in [7, 11) is 1.52. The molecule has 0 aromatic carbocycles. The van der Waals surface area contributed by atoms with Crippen molar-refractivity contribution in [3.8, 4) is 5.88 Å². The Balaban J connectivity index is 2.22. The first-order valence-electron chi connectivity index (χ1n) is 5.77. The number of ether oxygens (including phenoxy) is 2. The number of esters is 1. The first-order valence-corrected chi connectivity index (χ1v) is 5.77. The van der Waals surface area contributed by atoms with Gasteiger partial charge in [0.05, 0.1) is 20.3 Å². The van der Waals surface area contributed by atoms with Crippen molar-refractivity contribution in [3.63, 3.8) is 0 Å². The Morgan fingerprint density at radius 3 is 2.74 bits per heavy atom. The molecule has 0 radical (unpaired) electrons. The Hall–Kier alpha value is -2.44. The number of aromatic nitrogens is 4. The number of nitrogens with zero attached hydrogens (tertiary/aromatic N) is 4. The molecule has 0 aliphatic carbocycles. The fourth-order valence-corrected chi connectivity index (χ4v) is 1.57. The number of hydrogen-bond donors (Lipinski definition) is 0. The van der Waals surface area contributed by atoms with Crippen LogP contribution in [0.1, 0.15) is 23.0 Å². The summed E-state index contributed by atoms with van der Waals surface area (Å²) in [5.41, 5.74) is 1.08. The molecule has 19 heavy (non-hydrogen) atoms. The van der Waals surface area contributed by atoms with Crippen LogP contribution in [0.5, 0.6) is 5.88 Å². The molecular formula is C12H14N4O3. The van der Waals surface area contributed by atoms with E-state index >= 15 is 0 Å². The Morgan fingerprint density at radius 1 is 1.37 bits per heavy atom. The maximum Gasteiger partial charge on any atom is 0.358 e. The van der Waals surface area contributed by atoms with Gasteiger partial charge in [-0.2, -0.15) is 5.10 Å². The second-order valence-corrected chi connectivity index (χ2v) is 3.70. The fourth-order valence-electron chi connectivity index (χ4n) is 1.57. The standard InChI is InChI=1S/C12H14N4O3/c1-3-19-12(17)10-4-11(18-2)16(15-10)7-9-5-13-8-14-6-9/h4-6,8H,3,7H2,1-2H3. The predicted octanol–water partition coefficient (Wildman–Crippen LogP) is 0.907. The second-order valence-electron chi connectivity index (χ2n) is 3.70. The summed E-state index contributed by atoms with van der Waals surface area (Å²) in [6.07, 6.45) is 4.81. The molecule has 100 valence electrons. The van der Waals surface area contributed by atoms with E-state index in [0.29, 0.717) is 19.0 Å². The Morgan fingerprint density at radius 2 is 2.11 bits per heavy atom. The number of rotatable bonds is 5. The molecule has 0 saturated carbocycles. The molecule has 0 spiro atoms. The van der Waals surface area contributed by atoms with Gasteiger partial charge >= 0.3 is 5.97 Å². The van der Waals surface area contributed by atoms with Crippen molar-refractivity contribution < 1.29 is 14.3 Å². The molecule has 0 amide bonds. The smallest absolute Gasteiger partial charge is 0.358 e. The highest BCUT2D eigenvalue weighted by Crippen LogP contribution is 2.15. The third kappa shape index (κ3) is 3.06. The van der Waals surface area contributed by atoms with Gasteiger partial charge in [0.25, 0.3) is 0 Å². The summed E-state index contributed by atoms with van der Waals surface area (Å²) in [6.45, 7) is 2.47. The van der Waals surface area contributed by atoms with Crippen molar-refractivity contribution >= 4 is 5.97 Å². The third-order valence-electron chi connectivity index (χ3n) is 2.38. The molecule has 0 atom stereocenters. The second kappa shape index (κ2) is 5.94. The van der Waals surface area contributed by atoms with Gasteiger partial charge in [-0.05, 0) is 6.92 Å². The molecule has 0 fully saturated rings. The topological polar surface area (TPSA) is 79.1 Å². The monoisotopic (exact) mass is 262 g/mol. The highest BCUT2D eigenvalue weighted by Gasteiger charge is 2.15. The van der Waals surface area contributed by atoms with E-state index in [0.717, 1.165) is 5.56 Å². The van der Waals surface area contributed by atoms with Gasteiger partial charge in [0.1, 0.15) is 6.33 Å². The zero-order chi connectivity index (χ0) is 13.7. The molecule has 2 aromatic heterocycles. The lowest BCUT2D eigenvalue weighted by Gasteiger charge is -2.04. The lowest BCUT2D eigenvalue weighted by atomic mass is 10.3. The molecule has 7 heteroatoms. The molecular weight excluding hydrogens is 248 g/mol. The van der Waals surface area contributed by atoms with E-state index in [1.807, 2.05) is 0 Å². The fraction of sp³-hybridized carbons (Fsp3) is 0.333. The van der Waals surface area contributed by atoms with Crippen LogP contribution in [-0.4, -0.2) is 39.4 Å². The molecule has 2 heterocycles. The average Bonchev–Trinajstić information content (AvgIpc) is 2.83. The lowest BCUT2D eigenvalue weighted by molar-refractivity contribution is 0.0518. The van der Waals surface area contributed by atoms with E-state index in [2.05, 4.69) is 15.1 Å². The summed E-state index contributed by atoms with van der Waals surface area (Å²) in [4.78, 5) is 19.4. The highest BCUT2D eigenvalue weighted by atomic mass is 16.5. The van der Waals surface area contributed by atoms with Crippen LogP contribution in [0, 0.1) is 0 Å². The quantitative estimate of drug-likeness (QED) is 0.745. The summed E-state index contributed by atoms with van der Waals surface area (Å²) < 4.78 is 11.6. The van der Waals surface area contributed by atoms with E-state index in [-0.39, 0.29) is 5.69 Å². The molecule has 0 N–H and O–H groups in total. The van der Waals surface area contributed by atoms with Gasteiger partial charge in [0.15, 0.2) is 5.69 Å². The van der Waals surface area contributed by atoms with Crippen LogP contribution in [0.2, 0.25) is 0 Å². The molecule has 0 unspecified atom stereocenters. The minimum absolute atomic E-state index is 0.218. The molecule has 7 nitrogen and oxygen atoms in total. The van der Waals surface area contributed by atoms with Crippen LogP contribution >= 0.6 is 0 Å². The summed E-state index contributed by atoms with van der Waals surface area (Å²) >= 11 is 0. The van der Waals surface area contributed by atoms with Gasteiger partial charge in [-0.25, -0.2) is 19.4 Å². The number of hydrogen-bond acceptors (Lipinski definition) is 6. The van der Waals surface area contributed by atoms with Crippen molar-refractivity contribution in [2.24, 2.45) is 0 Å². The van der Waals surface area contributed by atoms with Crippen LogP contribution in [0.4, 0.5) is 0 Å². The van der Waals surface area contributed by atoms with Crippen LogP contribution in [0.25, 0.3) is 0 Å². The molecule has 0 saturated heterocycles. The Kier molecular flexibility index (Phi) is 4.07. The predicted molar refractivity (Wildman–Crippen MR) is 65.9 cm³/mol. The van der Waals surface area contributed by atoms with Gasteiger partial charge in [-0.15, -0.1) is 0 Å². The minimum Gasteiger partial charge on any atom is -0.481 e. The molecule has 2 aromatic rings. The lowest BCUT2D eigenvalue weighted by Crippen LogP contribution is -2.08. The maximum absolute atomic E-state index is 11.6. The van der Waals surface area contributed by atoms with Gasteiger partial charge < -0.3 is 9.47 Å². The molecule has 0 bridgehead atoms. The van der Waals surface area contributed by atoms with E-state index in [1.54, 1.807) is 30.1 Å². The van der Waals surface area contributed by atoms with Gasteiger partial charge in [0.2, 0.25) is 5.88 Å². The van der Waals surface area contributed by atoms with Crippen molar-refractivity contribution in [1.82, 2.24) is 19.7 Å². The van der Waals surface area contributed by atoms with Gasteiger partial charge in [-0.1, -0.05) is 0 Å². The third-order valence-corrected chi connectivity index (χ3v) is 2.38. The molecule has 2 rings (SSSR count). The summed E-state index contributed by atoms with van der Waals surface area (Å²) in [5, 5.41) is 4.16. The molecule has 0 aliphatic heterocycles. The van der Waals surface area contributed by atoms with Crippen LogP contribution < -0.4 is 4.74 Å². The zero-order valence-electron chi connectivity index (χ0n) is 10.7. The zero-order valence-corrected chi connectivity index (χ0v) is 10.7. The normalized spacial score (nSPS) is 10.2. The van der Waals surface area contributed by atoms with Gasteiger partial charge in [-0.3, -0.25) is 0 Å². The van der Waals surface area contributed by atoms with E-state index < -0.39 is 5.97 Å². The van der Waals surface area contributed by atoms with Crippen molar-refractivity contribution in [3.05, 3.63) is 36.0 Å². The Labute approximate surface area is 110 Å². The number of carbonyl (C=O) groups is 1. The largest absolute Gasteiger partial charge is 0.481 e. The first kappa shape index (κ1) is 13.0. The summed E-state index contributed by atoms with van der Waals surface area (Å²) in [5.74, 6) is 0.00997. The van der Waals surface area contributed by atoms with Crippen molar-refractivity contribution in [1.29, 1.82) is 0 Å². The van der Waals surface area contributed by atoms with E-state index in [1.165, 1.54) is 13.4 Å². The van der Waals surface area contributed by atoms with Crippen molar-refractivity contribution in [2.75, 3.05) is 13.7 Å². The summed E-state index contributed by atoms with van der Waals surface area (Å²) in [6, 6.07) is 1.54. The number of carbonyl (C=O) groups excluding carboxylic acids is 1. The van der Waals surface area contributed by atoms with Crippen LogP contribution in [-0.2, 0) is 11.3 Å². The van der Waals surface area contributed by atoms with Crippen molar-refractivity contribution in [2.45, 2.75) is 13.5 Å². The van der Waals surface area contributed by atoms with Crippen LogP contribution in [0.15, 0.2) is 24.8 Å². The average molecular weight is 262 g/mol. The minimum atomic E-state index is -0.469. The van der Waals surface area contributed by atoms with Crippen LogP contribution in [0.3, 0.4) is 0 Å².